The molecule has 27 heavy (non-hydrogen) atoms. The molecular formula is C21H19NO4S. The topological polar surface area (TPSA) is 56.8 Å². The van der Waals surface area contributed by atoms with Crippen molar-refractivity contribution in [1.82, 2.24) is 5.32 Å². The van der Waals surface area contributed by atoms with Crippen LogP contribution in [0.25, 0.3) is 0 Å². The smallest absolute Gasteiger partial charge is 0.251 e. The minimum atomic E-state index is -0.164. The van der Waals surface area contributed by atoms with Crippen LogP contribution in [0.15, 0.2) is 60.0 Å². The van der Waals surface area contributed by atoms with Gasteiger partial charge in [0.25, 0.3) is 5.91 Å². The molecule has 5 nitrogen and oxygen atoms in total. The Kier molecular flexibility index (Phi) is 4.98. The second-order valence-electron chi connectivity index (χ2n) is 6.20. The largest absolute Gasteiger partial charge is 0.488 e. The lowest BCUT2D eigenvalue weighted by molar-refractivity contribution is 0.0939. The van der Waals surface area contributed by atoms with Crippen molar-refractivity contribution < 1.29 is 19.0 Å². The van der Waals surface area contributed by atoms with E-state index >= 15 is 0 Å². The molecule has 0 fully saturated rings. The molecule has 0 saturated heterocycles. The number of thiophene rings is 1. The Morgan fingerprint density at radius 3 is 2.89 bits per heavy atom. The lowest BCUT2D eigenvalue weighted by Crippen LogP contribution is -2.26. The van der Waals surface area contributed by atoms with Gasteiger partial charge in [-0.05, 0) is 54.3 Å². The zero-order chi connectivity index (χ0) is 18.6. The molecule has 1 N–H and O–H groups in total. The quantitative estimate of drug-likeness (QED) is 0.681. The summed E-state index contributed by atoms with van der Waals surface area (Å²) in [6, 6.07) is 16.7. The molecule has 138 valence electrons. The van der Waals surface area contributed by atoms with E-state index in [4.69, 9.17) is 14.2 Å². The number of ether oxygens (including phenoxy) is 3. The molecule has 4 rings (SSSR count). The van der Waals surface area contributed by atoms with E-state index in [0.29, 0.717) is 23.7 Å². The highest BCUT2D eigenvalue weighted by molar-refractivity contribution is 7.09. The SMILES string of the molecule is CC(NC(=O)c1cccc(OCc2cccs2)c1)c1ccc2c(c1)OCO2. The van der Waals surface area contributed by atoms with E-state index in [0.717, 1.165) is 16.2 Å². The zero-order valence-electron chi connectivity index (χ0n) is 14.8. The average Bonchev–Trinajstić information content (AvgIpc) is 3.37. The maximum Gasteiger partial charge on any atom is 0.251 e. The molecular weight excluding hydrogens is 362 g/mol. The second kappa shape index (κ2) is 7.72. The van der Waals surface area contributed by atoms with Crippen LogP contribution in [0.3, 0.4) is 0 Å². The van der Waals surface area contributed by atoms with Gasteiger partial charge in [0.15, 0.2) is 11.5 Å². The van der Waals surface area contributed by atoms with E-state index in [9.17, 15) is 4.79 Å². The first-order chi connectivity index (χ1) is 13.2. The highest BCUT2D eigenvalue weighted by Crippen LogP contribution is 2.34. The van der Waals surface area contributed by atoms with Gasteiger partial charge in [-0.25, -0.2) is 0 Å². The highest BCUT2D eigenvalue weighted by Gasteiger charge is 2.17. The van der Waals surface area contributed by atoms with Gasteiger partial charge in [-0.3, -0.25) is 4.79 Å². The first kappa shape index (κ1) is 17.4. The lowest BCUT2D eigenvalue weighted by Gasteiger charge is -2.15. The summed E-state index contributed by atoms with van der Waals surface area (Å²) >= 11 is 1.64. The molecule has 1 atom stereocenters. The van der Waals surface area contributed by atoms with Crippen LogP contribution < -0.4 is 19.5 Å². The molecule has 0 bridgehead atoms. The third-order valence-electron chi connectivity index (χ3n) is 4.30. The molecule has 2 heterocycles. The number of hydrogen-bond donors (Lipinski definition) is 1. The Morgan fingerprint density at radius 1 is 1.15 bits per heavy atom. The number of amides is 1. The first-order valence-electron chi connectivity index (χ1n) is 8.65. The third-order valence-corrected chi connectivity index (χ3v) is 5.15. The Bertz CT molecular complexity index is 939. The Hall–Kier alpha value is -2.99. The number of hydrogen-bond acceptors (Lipinski definition) is 5. The minimum absolute atomic E-state index is 0.151. The van der Waals surface area contributed by atoms with E-state index < -0.39 is 0 Å². The molecule has 2 aromatic carbocycles. The summed E-state index contributed by atoms with van der Waals surface area (Å²) in [6.45, 7) is 2.67. The number of fused-ring (bicyclic) bond motifs is 1. The number of carbonyl (C=O) groups is 1. The van der Waals surface area contributed by atoms with Crippen molar-refractivity contribution in [2.24, 2.45) is 0 Å². The molecule has 1 aliphatic heterocycles. The number of carbonyl (C=O) groups excluding carboxylic acids is 1. The molecule has 3 aromatic rings. The summed E-state index contributed by atoms with van der Waals surface area (Å²) in [5.74, 6) is 1.96. The standard InChI is InChI=1S/C21H19NO4S/c1-14(15-7-8-19-20(11-15)26-13-25-19)22-21(23)16-4-2-5-17(10-16)24-12-18-6-3-9-27-18/h2-11,14H,12-13H2,1H3,(H,22,23). The molecule has 1 amide bonds. The van der Waals surface area contributed by atoms with Gasteiger partial charge < -0.3 is 19.5 Å². The van der Waals surface area contributed by atoms with E-state index in [1.165, 1.54) is 0 Å². The molecule has 0 spiro atoms. The summed E-state index contributed by atoms with van der Waals surface area (Å²) < 4.78 is 16.5. The fraction of sp³-hybridized carbons (Fsp3) is 0.190. The molecule has 0 radical (unpaired) electrons. The highest BCUT2D eigenvalue weighted by atomic mass is 32.1. The predicted octanol–water partition coefficient (Wildman–Crippen LogP) is 4.55. The van der Waals surface area contributed by atoms with Gasteiger partial charge in [0.05, 0.1) is 6.04 Å². The fourth-order valence-electron chi connectivity index (χ4n) is 2.82. The predicted molar refractivity (Wildman–Crippen MR) is 104 cm³/mol. The van der Waals surface area contributed by atoms with Crippen molar-refractivity contribution in [3.05, 3.63) is 76.0 Å². The van der Waals surface area contributed by atoms with Crippen LogP contribution in [-0.2, 0) is 6.61 Å². The van der Waals surface area contributed by atoms with Gasteiger partial charge in [0.2, 0.25) is 6.79 Å². The number of nitrogens with one attached hydrogen (secondary N) is 1. The van der Waals surface area contributed by atoms with E-state index in [-0.39, 0.29) is 18.7 Å². The Balaban J connectivity index is 1.41. The molecule has 0 aliphatic carbocycles. The van der Waals surface area contributed by atoms with Crippen LogP contribution >= 0.6 is 11.3 Å². The Labute approximate surface area is 161 Å². The Morgan fingerprint density at radius 2 is 2.04 bits per heavy atom. The van der Waals surface area contributed by atoms with Crippen molar-refractivity contribution in [2.45, 2.75) is 19.6 Å². The van der Waals surface area contributed by atoms with Crippen LogP contribution in [0.2, 0.25) is 0 Å². The van der Waals surface area contributed by atoms with Crippen molar-refractivity contribution >= 4 is 17.2 Å². The fourth-order valence-corrected chi connectivity index (χ4v) is 3.44. The van der Waals surface area contributed by atoms with Crippen LogP contribution in [0, 0.1) is 0 Å². The van der Waals surface area contributed by atoms with Crippen LogP contribution in [0.5, 0.6) is 17.2 Å². The number of benzene rings is 2. The maximum atomic E-state index is 12.6. The van der Waals surface area contributed by atoms with Crippen molar-refractivity contribution in [1.29, 1.82) is 0 Å². The zero-order valence-corrected chi connectivity index (χ0v) is 15.6. The molecule has 1 unspecified atom stereocenters. The van der Waals surface area contributed by atoms with Crippen LogP contribution in [-0.4, -0.2) is 12.7 Å². The van der Waals surface area contributed by atoms with Crippen LogP contribution in [0.1, 0.15) is 33.8 Å². The monoisotopic (exact) mass is 381 g/mol. The summed E-state index contributed by atoms with van der Waals surface area (Å²) in [5, 5.41) is 5.03. The van der Waals surface area contributed by atoms with Gasteiger partial charge in [-0.15, -0.1) is 11.3 Å². The number of rotatable bonds is 6. The van der Waals surface area contributed by atoms with Crippen LogP contribution in [0.4, 0.5) is 0 Å². The normalized spacial score (nSPS) is 13.2. The van der Waals surface area contributed by atoms with Crippen molar-refractivity contribution in [3.8, 4) is 17.2 Å². The van der Waals surface area contributed by atoms with Crippen molar-refractivity contribution in [2.75, 3.05) is 6.79 Å². The maximum absolute atomic E-state index is 12.6. The summed E-state index contributed by atoms with van der Waals surface area (Å²) in [4.78, 5) is 13.8. The van der Waals surface area contributed by atoms with E-state index in [1.54, 1.807) is 23.5 Å². The van der Waals surface area contributed by atoms with Crippen molar-refractivity contribution in [3.63, 3.8) is 0 Å². The first-order valence-corrected chi connectivity index (χ1v) is 9.52. The minimum Gasteiger partial charge on any atom is -0.488 e. The summed E-state index contributed by atoms with van der Waals surface area (Å²) in [6.07, 6.45) is 0. The summed E-state index contributed by atoms with van der Waals surface area (Å²) in [7, 11) is 0. The molecule has 6 heteroatoms. The van der Waals surface area contributed by atoms with Gasteiger partial charge in [-0.2, -0.15) is 0 Å². The van der Waals surface area contributed by atoms with E-state index in [1.807, 2.05) is 54.8 Å². The molecule has 0 saturated carbocycles. The van der Waals surface area contributed by atoms with Gasteiger partial charge in [0, 0.05) is 10.4 Å². The third kappa shape index (κ3) is 4.06. The summed E-state index contributed by atoms with van der Waals surface area (Å²) in [5.41, 5.74) is 1.52. The van der Waals surface area contributed by atoms with Gasteiger partial charge >= 0.3 is 0 Å². The second-order valence-corrected chi connectivity index (χ2v) is 7.24. The van der Waals surface area contributed by atoms with Gasteiger partial charge in [0.1, 0.15) is 12.4 Å². The molecule has 1 aromatic heterocycles. The van der Waals surface area contributed by atoms with E-state index in [2.05, 4.69) is 5.32 Å². The van der Waals surface area contributed by atoms with Gasteiger partial charge in [-0.1, -0.05) is 18.2 Å². The lowest BCUT2D eigenvalue weighted by atomic mass is 10.1. The molecule has 1 aliphatic rings. The average molecular weight is 381 g/mol.